The summed E-state index contributed by atoms with van der Waals surface area (Å²) in [5.74, 6) is 1.01. The number of hydrogen-bond acceptors (Lipinski definition) is 4. The van der Waals surface area contributed by atoms with E-state index in [0.29, 0.717) is 0 Å². The second kappa shape index (κ2) is 6.28. The second-order valence-electron chi connectivity index (χ2n) is 4.23. The number of phenolic OH excluding ortho intramolecular Hbond substituents is 1. The highest BCUT2D eigenvalue weighted by atomic mass is 35.5. The van der Waals surface area contributed by atoms with E-state index in [1.54, 1.807) is 30.6 Å². The van der Waals surface area contributed by atoms with Crippen molar-refractivity contribution in [3.63, 3.8) is 0 Å². The Balaban J connectivity index is 2.04. The molecule has 0 aliphatic heterocycles. The first kappa shape index (κ1) is 14.2. The van der Waals surface area contributed by atoms with E-state index in [4.69, 9.17) is 16.3 Å². The Morgan fingerprint density at radius 2 is 2.16 bits per heavy atom. The van der Waals surface area contributed by atoms with Gasteiger partial charge >= 0.3 is 0 Å². The van der Waals surface area contributed by atoms with Gasteiger partial charge in [-0.05, 0) is 37.3 Å². The van der Waals surface area contributed by atoms with Crippen LogP contribution in [0.4, 0.5) is 0 Å². The first-order valence-electron chi connectivity index (χ1n) is 5.94. The third-order valence-corrected chi connectivity index (χ3v) is 4.14. The van der Waals surface area contributed by atoms with Crippen molar-refractivity contribution < 1.29 is 9.84 Å². The molecule has 0 radical (unpaired) electrons. The lowest BCUT2D eigenvalue weighted by Gasteiger charge is -2.16. The summed E-state index contributed by atoms with van der Waals surface area (Å²) in [7, 11) is 1.61. The Kier molecular flexibility index (Phi) is 4.69. The SMILES string of the molecule is COc1ccc(O)c(C(C)NCc2ccc(Cl)s2)c1. The minimum absolute atomic E-state index is 0.0241. The molecule has 0 aliphatic rings. The fourth-order valence-corrected chi connectivity index (χ4v) is 2.86. The predicted molar refractivity (Wildman–Crippen MR) is 79.2 cm³/mol. The average molecular weight is 298 g/mol. The van der Waals surface area contributed by atoms with Crippen LogP contribution in [0.5, 0.6) is 11.5 Å². The van der Waals surface area contributed by atoms with E-state index in [2.05, 4.69) is 5.32 Å². The van der Waals surface area contributed by atoms with Crippen LogP contribution in [0.3, 0.4) is 0 Å². The van der Waals surface area contributed by atoms with Crippen LogP contribution in [0.25, 0.3) is 0 Å². The molecule has 102 valence electrons. The molecule has 0 fully saturated rings. The van der Waals surface area contributed by atoms with Crippen molar-refractivity contribution in [3.8, 4) is 11.5 Å². The zero-order valence-electron chi connectivity index (χ0n) is 10.8. The van der Waals surface area contributed by atoms with Gasteiger partial charge in [-0.1, -0.05) is 11.6 Å². The molecule has 5 heteroatoms. The third kappa shape index (κ3) is 3.62. The lowest BCUT2D eigenvalue weighted by Crippen LogP contribution is -2.17. The second-order valence-corrected chi connectivity index (χ2v) is 6.03. The molecule has 3 nitrogen and oxygen atoms in total. The van der Waals surface area contributed by atoms with E-state index >= 15 is 0 Å². The quantitative estimate of drug-likeness (QED) is 0.877. The van der Waals surface area contributed by atoms with Crippen molar-refractivity contribution in [1.82, 2.24) is 5.32 Å². The van der Waals surface area contributed by atoms with Gasteiger partial charge in [0.25, 0.3) is 0 Å². The van der Waals surface area contributed by atoms with Crippen LogP contribution in [-0.4, -0.2) is 12.2 Å². The molecule has 1 atom stereocenters. The van der Waals surface area contributed by atoms with Crippen molar-refractivity contribution in [2.24, 2.45) is 0 Å². The number of rotatable bonds is 5. The van der Waals surface area contributed by atoms with Gasteiger partial charge in [0.05, 0.1) is 11.4 Å². The zero-order chi connectivity index (χ0) is 13.8. The Bertz CT molecular complexity index is 556. The van der Waals surface area contributed by atoms with Gasteiger partial charge in [-0.3, -0.25) is 0 Å². The fourth-order valence-electron chi connectivity index (χ4n) is 1.82. The van der Waals surface area contributed by atoms with Crippen LogP contribution in [0, 0.1) is 0 Å². The van der Waals surface area contributed by atoms with Crippen molar-refractivity contribution in [3.05, 3.63) is 45.1 Å². The van der Waals surface area contributed by atoms with Gasteiger partial charge in [-0.2, -0.15) is 0 Å². The van der Waals surface area contributed by atoms with Crippen LogP contribution in [0.15, 0.2) is 30.3 Å². The number of aromatic hydroxyl groups is 1. The van der Waals surface area contributed by atoms with Crippen molar-refractivity contribution in [1.29, 1.82) is 0 Å². The molecule has 2 aromatic rings. The molecule has 0 amide bonds. The first-order valence-corrected chi connectivity index (χ1v) is 7.14. The summed E-state index contributed by atoms with van der Waals surface area (Å²) >= 11 is 7.44. The van der Waals surface area contributed by atoms with Crippen LogP contribution in [-0.2, 0) is 6.54 Å². The molecule has 0 spiro atoms. The summed E-state index contributed by atoms with van der Waals surface area (Å²) in [5.41, 5.74) is 0.821. The summed E-state index contributed by atoms with van der Waals surface area (Å²) in [6, 6.07) is 9.14. The number of ether oxygens (including phenoxy) is 1. The summed E-state index contributed by atoms with van der Waals surface area (Å²) in [4.78, 5) is 1.17. The number of hydrogen-bond donors (Lipinski definition) is 2. The van der Waals surface area contributed by atoms with Gasteiger partial charge < -0.3 is 15.2 Å². The largest absolute Gasteiger partial charge is 0.508 e. The highest BCUT2D eigenvalue weighted by Gasteiger charge is 2.11. The molecule has 2 N–H and O–H groups in total. The number of halogens is 1. The van der Waals surface area contributed by atoms with E-state index in [9.17, 15) is 5.11 Å². The molecule has 1 heterocycles. The Morgan fingerprint density at radius 1 is 1.37 bits per heavy atom. The van der Waals surface area contributed by atoms with Gasteiger partial charge in [-0.15, -0.1) is 11.3 Å². The smallest absolute Gasteiger partial charge is 0.120 e. The van der Waals surface area contributed by atoms with Crippen LogP contribution < -0.4 is 10.1 Å². The monoisotopic (exact) mass is 297 g/mol. The maximum atomic E-state index is 9.89. The van der Waals surface area contributed by atoms with Gasteiger partial charge in [-0.25, -0.2) is 0 Å². The molecular formula is C14H16ClNO2S. The Hall–Kier alpha value is -1.23. The van der Waals surface area contributed by atoms with Crippen LogP contribution >= 0.6 is 22.9 Å². The molecular weight excluding hydrogens is 282 g/mol. The van der Waals surface area contributed by atoms with Crippen molar-refractivity contribution in [2.75, 3.05) is 7.11 Å². The van der Waals surface area contributed by atoms with Gasteiger partial charge in [0, 0.05) is 23.0 Å². The van der Waals surface area contributed by atoms with E-state index < -0.39 is 0 Å². The van der Waals surface area contributed by atoms with Gasteiger partial charge in [0.1, 0.15) is 11.5 Å². The maximum Gasteiger partial charge on any atom is 0.120 e. The Morgan fingerprint density at radius 3 is 2.79 bits per heavy atom. The molecule has 0 saturated carbocycles. The molecule has 2 rings (SSSR count). The normalized spacial score (nSPS) is 12.4. The molecule has 0 bridgehead atoms. The maximum absolute atomic E-state index is 9.89. The third-order valence-electron chi connectivity index (χ3n) is 2.91. The number of phenols is 1. The number of benzene rings is 1. The standard InChI is InChI=1S/C14H16ClNO2S/c1-9(16-8-11-4-6-14(15)19-11)12-7-10(18-2)3-5-13(12)17/h3-7,9,16-17H,8H2,1-2H3. The zero-order valence-corrected chi connectivity index (χ0v) is 12.4. The number of methoxy groups -OCH3 is 1. The first-order chi connectivity index (χ1) is 9.10. The summed E-state index contributed by atoms with van der Waals surface area (Å²) in [5, 5.41) is 13.2. The highest BCUT2D eigenvalue weighted by molar-refractivity contribution is 7.16. The summed E-state index contributed by atoms with van der Waals surface area (Å²) in [6.45, 7) is 2.72. The van der Waals surface area contributed by atoms with E-state index in [1.165, 1.54) is 4.88 Å². The summed E-state index contributed by atoms with van der Waals surface area (Å²) < 4.78 is 5.96. The minimum Gasteiger partial charge on any atom is -0.508 e. The van der Waals surface area contributed by atoms with Crippen molar-refractivity contribution >= 4 is 22.9 Å². The fraction of sp³-hybridized carbons (Fsp3) is 0.286. The molecule has 1 unspecified atom stereocenters. The predicted octanol–water partition coefficient (Wildman–Crippen LogP) is 3.97. The highest BCUT2D eigenvalue weighted by Crippen LogP contribution is 2.29. The van der Waals surface area contributed by atoms with E-state index in [-0.39, 0.29) is 11.8 Å². The number of thiophene rings is 1. The van der Waals surface area contributed by atoms with Gasteiger partial charge in [0.2, 0.25) is 0 Å². The molecule has 0 saturated heterocycles. The average Bonchev–Trinajstić information content (AvgIpc) is 2.82. The van der Waals surface area contributed by atoms with Crippen molar-refractivity contribution in [2.45, 2.75) is 19.5 Å². The topological polar surface area (TPSA) is 41.5 Å². The van der Waals surface area contributed by atoms with E-state index in [1.807, 2.05) is 25.1 Å². The summed E-state index contributed by atoms with van der Waals surface area (Å²) in [6.07, 6.45) is 0. The molecule has 1 aromatic carbocycles. The lowest BCUT2D eigenvalue weighted by atomic mass is 10.1. The van der Waals surface area contributed by atoms with Crippen LogP contribution in [0.2, 0.25) is 4.34 Å². The van der Waals surface area contributed by atoms with Gasteiger partial charge in [0.15, 0.2) is 0 Å². The molecule has 0 aliphatic carbocycles. The van der Waals surface area contributed by atoms with Crippen LogP contribution in [0.1, 0.15) is 23.4 Å². The molecule has 1 aromatic heterocycles. The van der Waals surface area contributed by atoms with E-state index in [0.717, 1.165) is 22.2 Å². The lowest BCUT2D eigenvalue weighted by molar-refractivity contribution is 0.407. The number of nitrogens with one attached hydrogen (secondary N) is 1. The minimum atomic E-state index is 0.0241. The molecule has 19 heavy (non-hydrogen) atoms. The Labute approximate surface area is 121 Å².